The Hall–Kier alpha value is -3.29. The van der Waals surface area contributed by atoms with Crippen molar-refractivity contribution in [1.29, 1.82) is 0 Å². The first-order valence-electron chi connectivity index (χ1n) is 9.50. The predicted octanol–water partition coefficient (Wildman–Crippen LogP) is 5.39. The van der Waals surface area contributed by atoms with Gasteiger partial charge < -0.3 is 14.0 Å². The number of methoxy groups -OCH3 is 1. The van der Waals surface area contributed by atoms with Crippen molar-refractivity contribution in [2.75, 3.05) is 7.11 Å². The number of fused-ring (bicyclic) bond motifs is 1. The number of carbonyl (C=O) groups excluding carboxylic acids is 2. The molecule has 2 aromatic carbocycles. The number of benzene rings is 2. The second-order valence-corrected chi connectivity index (χ2v) is 8.13. The van der Waals surface area contributed by atoms with Crippen molar-refractivity contribution in [2.24, 2.45) is 5.41 Å². The Morgan fingerprint density at radius 2 is 1.58 bits per heavy atom. The van der Waals surface area contributed by atoms with Gasteiger partial charge in [-0.25, -0.2) is 0 Å². The number of ketones is 2. The number of hydrogen-bond donors (Lipinski definition) is 0. The number of Topliss-reactive ketones (excluding diaryl/α,β-unsaturated/α-hetero) is 1. The first-order valence-corrected chi connectivity index (χ1v) is 9.50. The van der Waals surface area contributed by atoms with Gasteiger partial charge in [0.05, 0.1) is 19.2 Å². The van der Waals surface area contributed by atoms with Crippen LogP contribution >= 0.6 is 0 Å². The number of ether oxygens (including phenoxy) is 2. The van der Waals surface area contributed by atoms with E-state index >= 15 is 0 Å². The number of hydrogen-bond acceptors (Lipinski definition) is 4. The van der Waals surface area contributed by atoms with Crippen LogP contribution in [0.1, 0.15) is 36.7 Å². The Labute approximate surface area is 177 Å². The normalized spacial score (nSPS) is 12.1. The minimum absolute atomic E-state index is 0.0140. The van der Waals surface area contributed by atoms with Crippen LogP contribution in [0.4, 0.5) is 13.2 Å². The fraction of sp³-hybridized carbons (Fsp3) is 0.304. The third-order valence-corrected chi connectivity index (χ3v) is 4.83. The van der Waals surface area contributed by atoms with Crippen LogP contribution < -0.4 is 9.47 Å². The Balaban J connectivity index is 2.01. The highest BCUT2D eigenvalue weighted by Crippen LogP contribution is 2.30. The van der Waals surface area contributed by atoms with Crippen LogP contribution in [0.3, 0.4) is 0 Å². The molecule has 1 heterocycles. The zero-order valence-corrected chi connectivity index (χ0v) is 17.5. The van der Waals surface area contributed by atoms with Gasteiger partial charge >= 0.3 is 6.36 Å². The SMILES string of the molecule is COc1ccc2c(C(=O)c3ccc(OC(F)(F)F)cc3)cn(CC(=O)C(C)(C)C)c2c1. The van der Waals surface area contributed by atoms with E-state index in [9.17, 15) is 22.8 Å². The molecule has 0 aliphatic heterocycles. The molecular formula is C23H22F3NO4. The summed E-state index contributed by atoms with van der Waals surface area (Å²) in [6, 6.07) is 9.89. The molecule has 5 nitrogen and oxygen atoms in total. The standard InChI is InChI=1S/C23H22F3NO4/c1-22(2,3)20(28)13-27-12-18(17-10-9-16(30-4)11-19(17)27)21(29)14-5-7-15(8-6-14)31-23(24,25)26/h5-12H,13H2,1-4H3. The van der Waals surface area contributed by atoms with Crippen LogP contribution in [0.2, 0.25) is 0 Å². The summed E-state index contributed by atoms with van der Waals surface area (Å²) in [6.45, 7) is 5.52. The highest BCUT2D eigenvalue weighted by Gasteiger charge is 2.31. The smallest absolute Gasteiger partial charge is 0.497 e. The van der Waals surface area contributed by atoms with E-state index < -0.39 is 17.5 Å². The van der Waals surface area contributed by atoms with Gasteiger partial charge in [0, 0.05) is 34.2 Å². The van der Waals surface area contributed by atoms with Crippen LogP contribution in [0.25, 0.3) is 10.9 Å². The molecule has 8 heteroatoms. The van der Waals surface area contributed by atoms with Gasteiger partial charge in [-0.1, -0.05) is 20.8 Å². The molecule has 0 bridgehead atoms. The van der Waals surface area contributed by atoms with E-state index in [1.165, 1.54) is 19.2 Å². The Kier molecular flexibility index (Phi) is 5.85. The number of nitrogens with zero attached hydrogens (tertiary/aromatic N) is 1. The van der Waals surface area contributed by atoms with E-state index in [0.717, 1.165) is 12.1 Å². The molecule has 0 amide bonds. The van der Waals surface area contributed by atoms with Crippen molar-refractivity contribution in [3.05, 3.63) is 59.8 Å². The molecule has 0 spiro atoms. The zero-order valence-electron chi connectivity index (χ0n) is 17.5. The van der Waals surface area contributed by atoms with Gasteiger partial charge in [-0.3, -0.25) is 9.59 Å². The summed E-state index contributed by atoms with van der Waals surface area (Å²) < 4.78 is 47.9. The first kappa shape index (κ1) is 22.4. The van der Waals surface area contributed by atoms with Gasteiger partial charge in [0.1, 0.15) is 11.5 Å². The van der Waals surface area contributed by atoms with Crippen molar-refractivity contribution >= 4 is 22.5 Å². The lowest BCUT2D eigenvalue weighted by Crippen LogP contribution is -2.24. The fourth-order valence-corrected chi connectivity index (χ4v) is 3.07. The van der Waals surface area contributed by atoms with Crippen LogP contribution in [-0.4, -0.2) is 29.6 Å². The second kappa shape index (κ2) is 8.09. The van der Waals surface area contributed by atoms with E-state index in [1.807, 2.05) is 20.8 Å². The zero-order chi connectivity index (χ0) is 23.0. The van der Waals surface area contributed by atoms with E-state index in [1.54, 1.807) is 29.0 Å². The summed E-state index contributed by atoms with van der Waals surface area (Å²) in [4.78, 5) is 25.7. The summed E-state index contributed by atoms with van der Waals surface area (Å²) in [5, 5.41) is 0.614. The third-order valence-electron chi connectivity index (χ3n) is 4.83. The van der Waals surface area contributed by atoms with E-state index in [4.69, 9.17) is 4.74 Å². The molecule has 0 saturated heterocycles. The van der Waals surface area contributed by atoms with Crippen molar-refractivity contribution in [1.82, 2.24) is 4.57 Å². The molecular weight excluding hydrogens is 411 g/mol. The highest BCUT2D eigenvalue weighted by molar-refractivity contribution is 6.16. The van der Waals surface area contributed by atoms with E-state index in [-0.39, 0.29) is 23.7 Å². The quantitative estimate of drug-likeness (QED) is 0.489. The van der Waals surface area contributed by atoms with Crippen LogP contribution in [0.15, 0.2) is 48.7 Å². The molecule has 31 heavy (non-hydrogen) atoms. The summed E-state index contributed by atoms with van der Waals surface area (Å²) in [5.41, 5.74) is 0.626. The number of alkyl halides is 3. The largest absolute Gasteiger partial charge is 0.573 e. The van der Waals surface area contributed by atoms with Crippen LogP contribution in [0, 0.1) is 5.41 Å². The van der Waals surface area contributed by atoms with Gasteiger partial charge in [0.15, 0.2) is 11.6 Å². The molecule has 1 aromatic heterocycles. The topological polar surface area (TPSA) is 57.5 Å². The minimum atomic E-state index is -4.81. The van der Waals surface area contributed by atoms with Gasteiger partial charge in [-0.05, 0) is 36.4 Å². The Bertz CT molecular complexity index is 1120. The summed E-state index contributed by atoms with van der Waals surface area (Å²) in [7, 11) is 1.52. The van der Waals surface area contributed by atoms with Crippen molar-refractivity contribution in [3.8, 4) is 11.5 Å². The predicted molar refractivity (Wildman–Crippen MR) is 110 cm³/mol. The van der Waals surface area contributed by atoms with Crippen molar-refractivity contribution < 1.29 is 32.2 Å². The van der Waals surface area contributed by atoms with E-state index in [2.05, 4.69) is 4.74 Å². The number of rotatable bonds is 6. The average Bonchev–Trinajstić information content (AvgIpc) is 3.03. The molecule has 0 aliphatic carbocycles. The minimum Gasteiger partial charge on any atom is -0.497 e. The highest BCUT2D eigenvalue weighted by atomic mass is 19.4. The summed E-state index contributed by atoms with van der Waals surface area (Å²) >= 11 is 0. The molecule has 0 radical (unpaired) electrons. The molecule has 0 N–H and O–H groups in total. The molecule has 0 aliphatic rings. The third kappa shape index (κ3) is 5.07. The summed E-state index contributed by atoms with van der Waals surface area (Å²) in [6.07, 6.45) is -3.21. The second-order valence-electron chi connectivity index (χ2n) is 8.13. The molecule has 3 aromatic rings. The number of halogens is 3. The van der Waals surface area contributed by atoms with Gasteiger partial charge in [0.2, 0.25) is 0 Å². The first-order chi connectivity index (χ1) is 14.4. The van der Waals surface area contributed by atoms with Crippen LogP contribution in [-0.2, 0) is 11.3 Å². The van der Waals surface area contributed by atoms with Crippen molar-refractivity contribution in [3.63, 3.8) is 0 Å². The molecule has 0 atom stereocenters. The Morgan fingerprint density at radius 3 is 2.13 bits per heavy atom. The number of carbonyl (C=O) groups is 2. The van der Waals surface area contributed by atoms with Crippen molar-refractivity contribution in [2.45, 2.75) is 33.7 Å². The maximum Gasteiger partial charge on any atom is 0.573 e. The summed E-state index contributed by atoms with van der Waals surface area (Å²) in [5.74, 6) is -0.231. The van der Waals surface area contributed by atoms with E-state index in [0.29, 0.717) is 22.2 Å². The monoisotopic (exact) mass is 433 g/mol. The maximum absolute atomic E-state index is 13.1. The Morgan fingerprint density at radius 1 is 0.968 bits per heavy atom. The number of aromatic nitrogens is 1. The van der Waals surface area contributed by atoms with Gasteiger partial charge in [0.25, 0.3) is 0 Å². The van der Waals surface area contributed by atoms with Gasteiger partial charge in [-0.15, -0.1) is 13.2 Å². The fourth-order valence-electron chi connectivity index (χ4n) is 3.07. The van der Waals surface area contributed by atoms with Crippen LogP contribution in [0.5, 0.6) is 11.5 Å². The lowest BCUT2D eigenvalue weighted by atomic mass is 9.91. The lowest BCUT2D eigenvalue weighted by Gasteiger charge is -2.17. The molecule has 0 fully saturated rings. The lowest BCUT2D eigenvalue weighted by molar-refractivity contribution is -0.274. The molecule has 164 valence electrons. The average molecular weight is 433 g/mol. The molecule has 0 unspecified atom stereocenters. The molecule has 3 rings (SSSR count). The molecule has 0 saturated carbocycles. The maximum atomic E-state index is 13.1. The van der Waals surface area contributed by atoms with Gasteiger partial charge in [-0.2, -0.15) is 0 Å².